The predicted octanol–water partition coefficient (Wildman–Crippen LogP) is 2.23. The molecule has 0 saturated heterocycles. The van der Waals surface area contributed by atoms with Gasteiger partial charge in [-0.05, 0) is 37.8 Å². The monoisotopic (exact) mass is 262 g/mol. The van der Waals surface area contributed by atoms with E-state index in [0.717, 1.165) is 25.9 Å². The fourth-order valence-electron chi connectivity index (χ4n) is 2.43. The summed E-state index contributed by atoms with van der Waals surface area (Å²) in [6.07, 6.45) is 1.74. The van der Waals surface area contributed by atoms with Gasteiger partial charge in [0.15, 0.2) is 0 Å². The summed E-state index contributed by atoms with van der Waals surface area (Å²) < 4.78 is 0. The maximum atomic E-state index is 12.4. The van der Waals surface area contributed by atoms with Gasteiger partial charge in [-0.25, -0.2) is 0 Å². The van der Waals surface area contributed by atoms with Crippen LogP contribution in [0.5, 0.6) is 0 Å². The van der Waals surface area contributed by atoms with E-state index in [4.69, 9.17) is 5.73 Å². The van der Waals surface area contributed by atoms with E-state index in [9.17, 15) is 4.79 Å². The summed E-state index contributed by atoms with van der Waals surface area (Å²) in [5.41, 5.74) is 8.38. The average molecular weight is 262 g/mol. The minimum Gasteiger partial charge on any atom is -0.343 e. The molecule has 2 N–H and O–H groups in total. The number of aryl methyl sites for hydroxylation is 1. The van der Waals surface area contributed by atoms with Crippen LogP contribution in [0.15, 0.2) is 24.3 Å². The summed E-state index contributed by atoms with van der Waals surface area (Å²) in [5.74, 6) is 0.0750. The Morgan fingerprint density at radius 2 is 1.74 bits per heavy atom. The lowest BCUT2D eigenvalue weighted by molar-refractivity contribution is -0.134. The fraction of sp³-hybridized carbons (Fsp3) is 0.562. The third kappa shape index (κ3) is 4.06. The van der Waals surface area contributed by atoms with Crippen LogP contribution in [0, 0.1) is 5.92 Å². The van der Waals surface area contributed by atoms with Crippen molar-refractivity contribution in [3.63, 3.8) is 0 Å². The van der Waals surface area contributed by atoms with Crippen molar-refractivity contribution in [3.05, 3.63) is 35.4 Å². The molecule has 1 aromatic carbocycles. The Bertz CT molecular complexity index is 399. The number of carbonyl (C=O) groups excluding carboxylic acids is 1. The second-order valence-electron chi connectivity index (χ2n) is 4.77. The second-order valence-corrected chi connectivity index (χ2v) is 4.77. The third-order valence-corrected chi connectivity index (χ3v) is 3.67. The van der Waals surface area contributed by atoms with Gasteiger partial charge in [-0.3, -0.25) is 4.79 Å². The Hall–Kier alpha value is -1.35. The van der Waals surface area contributed by atoms with E-state index in [1.165, 1.54) is 11.1 Å². The zero-order valence-corrected chi connectivity index (χ0v) is 12.4. The topological polar surface area (TPSA) is 46.3 Å². The van der Waals surface area contributed by atoms with Crippen LogP contribution in [0.25, 0.3) is 0 Å². The van der Waals surface area contributed by atoms with E-state index in [1.807, 2.05) is 30.9 Å². The van der Waals surface area contributed by atoms with E-state index in [0.29, 0.717) is 6.54 Å². The number of amides is 1. The van der Waals surface area contributed by atoms with Gasteiger partial charge >= 0.3 is 0 Å². The summed E-state index contributed by atoms with van der Waals surface area (Å²) in [5, 5.41) is 0. The molecule has 0 aliphatic carbocycles. The lowest BCUT2D eigenvalue weighted by atomic mass is 9.93. The molecular formula is C16H26N2O. The summed E-state index contributed by atoms with van der Waals surface area (Å²) in [7, 11) is 0. The molecule has 1 unspecified atom stereocenters. The summed E-state index contributed by atoms with van der Waals surface area (Å²) >= 11 is 0. The van der Waals surface area contributed by atoms with Crippen LogP contribution in [0.1, 0.15) is 31.9 Å². The number of hydrogen-bond acceptors (Lipinski definition) is 2. The molecule has 1 aromatic rings. The number of nitrogens with zero attached hydrogens (tertiary/aromatic N) is 1. The summed E-state index contributed by atoms with van der Waals surface area (Å²) in [4.78, 5) is 14.3. The number of carbonyl (C=O) groups is 1. The van der Waals surface area contributed by atoms with Gasteiger partial charge in [0.2, 0.25) is 5.91 Å². The lowest BCUT2D eigenvalue weighted by Crippen LogP contribution is -2.40. The number of nitrogens with two attached hydrogens (primary N) is 1. The third-order valence-electron chi connectivity index (χ3n) is 3.67. The summed E-state index contributed by atoms with van der Waals surface area (Å²) in [6, 6.07) is 8.32. The van der Waals surface area contributed by atoms with Crippen LogP contribution in [-0.4, -0.2) is 30.4 Å². The molecule has 0 aliphatic rings. The molecule has 106 valence electrons. The van der Waals surface area contributed by atoms with Crippen LogP contribution >= 0.6 is 0 Å². The van der Waals surface area contributed by atoms with Crippen molar-refractivity contribution >= 4 is 5.91 Å². The number of benzene rings is 1. The molecule has 0 saturated carbocycles. The molecule has 0 spiro atoms. The van der Waals surface area contributed by atoms with Crippen molar-refractivity contribution < 1.29 is 4.79 Å². The Morgan fingerprint density at radius 3 is 2.21 bits per heavy atom. The fourth-order valence-corrected chi connectivity index (χ4v) is 2.43. The molecule has 1 atom stereocenters. The molecule has 0 aliphatic heterocycles. The highest BCUT2D eigenvalue weighted by molar-refractivity contribution is 5.79. The van der Waals surface area contributed by atoms with E-state index < -0.39 is 0 Å². The highest BCUT2D eigenvalue weighted by Gasteiger charge is 2.22. The van der Waals surface area contributed by atoms with Crippen LogP contribution in [0.4, 0.5) is 0 Å². The normalized spacial score (nSPS) is 12.2. The van der Waals surface area contributed by atoms with Gasteiger partial charge in [0.25, 0.3) is 0 Å². The molecule has 0 bridgehead atoms. The molecule has 3 heteroatoms. The standard InChI is InChI=1S/C16H26N2O/c1-4-13-9-7-8-10-14(13)11-15(12-17)16(19)18(5-2)6-3/h7-10,15H,4-6,11-12,17H2,1-3H3. The van der Waals surface area contributed by atoms with Crippen molar-refractivity contribution in [3.8, 4) is 0 Å². The van der Waals surface area contributed by atoms with Crippen molar-refractivity contribution in [1.29, 1.82) is 0 Å². The first-order valence-corrected chi connectivity index (χ1v) is 7.23. The van der Waals surface area contributed by atoms with Gasteiger partial charge in [0.1, 0.15) is 0 Å². The molecule has 1 amide bonds. The van der Waals surface area contributed by atoms with Gasteiger partial charge in [0, 0.05) is 19.6 Å². The SMILES string of the molecule is CCc1ccccc1CC(CN)C(=O)N(CC)CC. The Morgan fingerprint density at radius 1 is 1.16 bits per heavy atom. The number of hydrogen-bond donors (Lipinski definition) is 1. The minimum atomic E-state index is -0.104. The molecule has 1 rings (SSSR count). The quantitative estimate of drug-likeness (QED) is 0.819. The molecule has 0 fully saturated rings. The van der Waals surface area contributed by atoms with Gasteiger partial charge in [0.05, 0.1) is 5.92 Å². The first-order valence-electron chi connectivity index (χ1n) is 7.23. The van der Waals surface area contributed by atoms with Crippen LogP contribution in [0.3, 0.4) is 0 Å². The first-order chi connectivity index (χ1) is 9.17. The number of rotatable bonds is 7. The van der Waals surface area contributed by atoms with E-state index in [-0.39, 0.29) is 11.8 Å². The maximum Gasteiger partial charge on any atom is 0.227 e. The van der Waals surface area contributed by atoms with E-state index in [2.05, 4.69) is 19.1 Å². The van der Waals surface area contributed by atoms with Gasteiger partial charge in [-0.2, -0.15) is 0 Å². The van der Waals surface area contributed by atoms with Crippen molar-refractivity contribution in [2.75, 3.05) is 19.6 Å². The summed E-state index contributed by atoms with van der Waals surface area (Å²) in [6.45, 7) is 8.07. The first kappa shape index (κ1) is 15.7. The molecule has 0 radical (unpaired) electrons. The Labute approximate surface area is 116 Å². The van der Waals surface area contributed by atoms with Gasteiger partial charge < -0.3 is 10.6 Å². The Balaban J connectivity index is 2.84. The van der Waals surface area contributed by atoms with Crippen LogP contribution in [-0.2, 0) is 17.6 Å². The molecular weight excluding hydrogens is 236 g/mol. The van der Waals surface area contributed by atoms with Gasteiger partial charge in [-0.1, -0.05) is 31.2 Å². The van der Waals surface area contributed by atoms with Crippen molar-refractivity contribution in [1.82, 2.24) is 4.90 Å². The highest BCUT2D eigenvalue weighted by atomic mass is 16.2. The zero-order chi connectivity index (χ0) is 14.3. The Kier molecular flexibility index (Phi) is 6.57. The van der Waals surface area contributed by atoms with Crippen LogP contribution in [0.2, 0.25) is 0 Å². The van der Waals surface area contributed by atoms with Gasteiger partial charge in [-0.15, -0.1) is 0 Å². The molecule has 19 heavy (non-hydrogen) atoms. The maximum absolute atomic E-state index is 12.4. The van der Waals surface area contributed by atoms with E-state index >= 15 is 0 Å². The van der Waals surface area contributed by atoms with Crippen molar-refractivity contribution in [2.45, 2.75) is 33.6 Å². The molecule has 3 nitrogen and oxygen atoms in total. The zero-order valence-electron chi connectivity index (χ0n) is 12.4. The predicted molar refractivity (Wildman–Crippen MR) is 80.0 cm³/mol. The lowest BCUT2D eigenvalue weighted by Gasteiger charge is -2.25. The smallest absolute Gasteiger partial charge is 0.227 e. The average Bonchev–Trinajstić information content (AvgIpc) is 2.46. The largest absolute Gasteiger partial charge is 0.343 e. The van der Waals surface area contributed by atoms with Crippen molar-refractivity contribution in [2.24, 2.45) is 11.7 Å². The highest BCUT2D eigenvalue weighted by Crippen LogP contribution is 2.16. The van der Waals surface area contributed by atoms with E-state index in [1.54, 1.807) is 0 Å². The molecule has 0 heterocycles. The minimum absolute atomic E-state index is 0.104. The molecule has 0 aromatic heterocycles. The van der Waals surface area contributed by atoms with Crippen LogP contribution < -0.4 is 5.73 Å². The second kappa shape index (κ2) is 7.95.